The quantitative estimate of drug-likeness (QED) is 0.605. The molecule has 2 aliphatic rings. The molecule has 1 aliphatic carbocycles. The summed E-state index contributed by atoms with van der Waals surface area (Å²) in [5.41, 5.74) is -3.79. The smallest absolute Gasteiger partial charge is 0.314 e. The van der Waals surface area contributed by atoms with Crippen LogP contribution >= 0.6 is 24.8 Å². The van der Waals surface area contributed by atoms with Crippen LogP contribution in [-0.4, -0.2) is 31.1 Å². The lowest BCUT2D eigenvalue weighted by Gasteiger charge is -2.37. The van der Waals surface area contributed by atoms with Gasteiger partial charge in [-0.25, -0.2) is 4.39 Å². The number of halogens is 9. The van der Waals surface area contributed by atoms with Gasteiger partial charge in [0.2, 0.25) is 0 Å². The molecular formula is C17H21Cl2F7N2. The van der Waals surface area contributed by atoms with Crippen LogP contribution < -0.4 is 5.32 Å². The van der Waals surface area contributed by atoms with Crippen molar-refractivity contribution >= 4 is 24.8 Å². The molecule has 162 valence electrons. The summed E-state index contributed by atoms with van der Waals surface area (Å²) in [5.74, 6) is -1.24. The average Bonchev–Trinajstić information content (AvgIpc) is 3.35. The molecule has 0 radical (unpaired) electrons. The Morgan fingerprint density at radius 2 is 1.54 bits per heavy atom. The summed E-state index contributed by atoms with van der Waals surface area (Å²) in [4.78, 5) is 1.75. The predicted molar refractivity (Wildman–Crippen MR) is 95.4 cm³/mol. The summed E-state index contributed by atoms with van der Waals surface area (Å²) in [7, 11) is 0. The third-order valence-electron chi connectivity index (χ3n) is 4.94. The molecule has 1 saturated heterocycles. The van der Waals surface area contributed by atoms with Crippen LogP contribution in [0.1, 0.15) is 42.0 Å². The SMILES string of the molecule is Cl.Cl.Fc1cc(C(F)(F)F)cc(C(F)(F)F)c1[C@H](CC1CC1)N1CCNCC1. The standard InChI is InChI=1S/C17H19F7N2.2ClH/c18-13-9-11(16(19,20)21)8-12(17(22,23)24)15(13)14(7-10-1-2-10)26-5-3-25-4-6-26;;/h8-10,14,25H,1-7H2;2*1H/t14-;;/m0../s1. The normalized spacial score (nSPS) is 19.5. The van der Waals surface area contributed by atoms with Gasteiger partial charge in [0.1, 0.15) is 5.82 Å². The second kappa shape index (κ2) is 9.36. The van der Waals surface area contributed by atoms with Crippen molar-refractivity contribution in [2.75, 3.05) is 26.2 Å². The number of nitrogens with one attached hydrogen (secondary N) is 1. The van der Waals surface area contributed by atoms with Crippen LogP contribution in [0.25, 0.3) is 0 Å². The van der Waals surface area contributed by atoms with E-state index in [1.54, 1.807) is 4.90 Å². The van der Waals surface area contributed by atoms with Gasteiger partial charge in [0.05, 0.1) is 11.1 Å². The molecule has 1 N–H and O–H groups in total. The summed E-state index contributed by atoms with van der Waals surface area (Å²) < 4.78 is 93.8. The van der Waals surface area contributed by atoms with E-state index in [1.165, 1.54) is 0 Å². The molecule has 0 amide bonds. The first-order valence-electron chi connectivity index (χ1n) is 8.50. The maximum Gasteiger partial charge on any atom is 0.416 e. The Hall–Kier alpha value is -0.770. The minimum absolute atomic E-state index is 0. The zero-order valence-corrected chi connectivity index (χ0v) is 16.3. The molecule has 28 heavy (non-hydrogen) atoms. The second-order valence-electron chi connectivity index (χ2n) is 6.90. The number of hydrogen-bond donors (Lipinski definition) is 1. The van der Waals surface area contributed by atoms with Crippen molar-refractivity contribution in [3.63, 3.8) is 0 Å². The van der Waals surface area contributed by atoms with Gasteiger partial charge in [-0.2, -0.15) is 26.3 Å². The molecule has 1 aromatic carbocycles. The van der Waals surface area contributed by atoms with Gasteiger partial charge in [0.25, 0.3) is 0 Å². The lowest BCUT2D eigenvalue weighted by atomic mass is 9.91. The molecule has 1 saturated carbocycles. The zero-order chi connectivity index (χ0) is 19.1. The van der Waals surface area contributed by atoms with Gasteiger partial charge >= 0.3 is 12.4 Å². The highest BCUT2D eigenvalue weighted by atomic mass is 35.5. The molecule has 3 rings (SSSR count). The highest BCUT2D eigenvalue weighted by molar-refractivity contribution is 5.85. The van der Waals surface area contributed by atoms with Crippen LogP contribution in [0.15, 0.2) is 12.1 Å². The first-order chi connectivity index (χ1) is 12.1. The molecule has 0 spiro atoms. The second-order valence-corrected chi connectivity index (χ2v) is 6.90. The number of benzene rings is 1. The van der Waals surface area contributed by atoms with Gasteiger partial charge in [0.15, 0.2) is 0 Å². The number of nitrogens with zero attached hydrogens (tertiary/aromatic N) is 1. The van der Waals surface area contributed by atoms with Crippen LogP contribution in [0.4, 0.5) is 30.7 Å². The van der Waals surface area contributed by atoms with Crippen molar-refractivity contribution in [3.05, 3.63) is 34.6 Å². The topological polar surface area (TPSA) is 15.3 Å². The molecule has 0 aromatic heterocycles. The monoisotopic (exact) mass is 456 g/mol. The summed E-state index contributed by atoms with van der Waals surface area (Å²) in [6, 6.07) is -0.642. The average molecular weight is 457 g/mol. The minimum atomic E-state index is -5.06. The van der Waals surface area contributed by atoms with Crippen molar-refractivity contribution in [2.24, 2.45) is 5.92 Å². The maximum absolute atomic E-state index is 14.6. The Labute approximate surface area is 170 Å². The predicted octanol–water partition coefficient (Wildman–Crippen LogP) is 5.45. The van der Waals surface area contributed by atoms with E-state index in [0.29, 0.717) is 32.6 Å². The fourth-order valence-electron chi connectivity index (χ4n) is 3.47. The van der Waals surface area contributed by atoms with E-state index in [2.05, 4.69) is 5.32 Å². The Morgan fingerprint density at radius 3 is 2.00 bits per heavy atom. The first-order valence-corrected chi connectivity index (χ1v) is 8.50. The van der Waals surface area contributed by atoms with E-state index in [1.807, 2.05) is 0 Å². The Kier molecular flexibility index (Phi) is 8.45. The molecule has 1 heterocycles. The molecule has 2 nitrogen and oxygen atoms in total. The molecule has 1 atom stereocenters. The van der Waals surface area contributed by atoms with Crippen molar-refractivity contribution < 1.29 is 30.7 Å². The van der Waals surface area contributed by atoms with Crippen LogP contribution in [0, 0.1) is 11.7 Å². The van der Waals surface area contributed by atoms with Gasteiger partial charge in [0, 0.05) is 37.8 Å². The van der Waals surface area contributed by atoms with E-state index in [-0.39, 0.29) is 42.9 Å². The largest absolute Gasteiger partial charge is 0.416 e. The van der Waals surface area contributed by atoms with Crippen molar-refractivity contribution in [1.82, 2.24) is 10.2 Å². The van der Waals surface area contributed by atoms with E-state index < -0.39 is 40.9 Å². The van der Waals surface area contributed by atoms with Crippen LogP contribution in [0.3, 0.4) is 0 Å². The van der Waals surface area contributed by atoms with E-state index in [9.17, 15) is 30.7 Å². The lowest BCUT2D eigenvalue weighted by Crippen LogP contribution is -2.45. The summed E-state index contributed by atoms with van der Waals surface area (Å²) >= 11 is 0. The number of rotatable bonds is 4. The Bertz CT molecular complexity index is 654. The van der Waals surface area contributed by atoms with Crippen molar-refractivity contribution in [2.45, 2.75) is 37.7 Å². The van der Waals surface area contributed by atoms with Crippen LogP contribution in [0.5, 0.6) is 0 Å². The highest BCUT2D eigenvalue weighted by Crippen LogP contribution is 2.46. The van der Waals surface area contributed by atoms with Crippen LogP contribution in [-0.2, 0) is 12.4 Å². The third kappa shape index (κ3) is 5.87. The number of piperazine rings is 1. The number of alkyl halides is 6. The molecule has 1 aliphatic heterocycles. The molecule has 2 fully saturated rings. The van der Waals surface area contributed by atoms with Crippen LogP contribution in [0.2, 0.25) is 0 Å². The highest BCUT2D eigenvalue weighted by Gasteiger charge is 2.43. The molecule has 1 aromatic rings. The van der Waals surface area contributed by atoms with Crippen molar-refractivity contribution in [3.8, 4) is 0 Å². The van der Waals surface area contributed by atoms with Gasteiger partial charge in [-0.1, -0.05) is 12.8 Å². The molecule has 0 bridgehead atoms. The summed E-state index contributed by atoms with van der Waals surface area (Å²) in [6.45, 7) is 1.94. The van der Waals surface area contributed by atoms with E-state index in [0.717, 1.165) is 12.8 Å². The minimum Gasteiger partial charge on any atom is -0.314 e. The molecule has 0 unspecified atom stereocenters. The van der Waals surface area contributed by atoms with Gasteiger partial charge in [-0.3, -0.25) is 4.90 Å². The maximum atomic E-state index is 14.6. The summed E-state index contributed by atoms with van der Waals surface area (Å²) in [6.07, 6.45) is -8.07. The van der Waals surface area contributed by atoms with Gasteiger partial charge < -0.3 is 5.32 Å². The summed E-state index contributed by atoms with van der Waals surface area (Å²) in [5, 5.41) is 3.07. The van der Waals surface area contributed by atoms with E-state index >= 15 is 0 Å². The third-order valence-corrected chi connectivity index (χ3v) is 4.94. The zero-order valence-electron chi connectivity index (χ0n) is 14.7. The Morgan fingerprint density at radius 1 is 0.964 bits per heavy atom. The number of hydrogen-bond acceptors (Lipinski definition) is 2. The first kappa shape index (κ1) is 25.3. The van der Waals surface area contributed by atoms with Gasteiger partial charge in [-0.05, 0) is 24.5 Å². The lowest BCUT2D eigenvalue weighted by molar-refractivity contribution is -0.144. The fourth-order valence-corrected chi connectivity index (χ4v) is 3.47. The van der Waals surface area contributed by atoms with Crippen molar-refractivity contribution in [1.29, 1.82) is 0 Å². The fraction of sp³-hybridized carbons (Fsp3) is 0.647. The molecule has 11 heteroatoms. The van der Waals surface area contributed by atoms with Gasteiger partial charge in [-0.15, -0.1) is 24.8 Å². The van der Waals surface area contributed by atoms with E-state index in [4.69, 9.17) is 0 Å². The molecular weight excluding hydrogens is 436 g/mol. The Balaban J connectivity index is 0.00000196.